The highest BCUT2D eigenvalue weighted by atomic mass is 35.5. The van der Waals surface area contributed by atoms with E-state index in [-0.39, 0.29) is 11.3 Å². The first-order chi connectivity index (χ1) is 15.1. The van der Waals surface area contributed by atoms with E-state index in [0.29, 0.717) is 55.2 Å². The molecule has 164 valence electrons. The Balaban J connectivity index is 1.45. The van der Waals surface area contributed by atoms with Gasteiger partial charge >= 0.3 is 0 Å². The standard InChI is InChI=1S/C24H26ClNO5/c1-28-20-14-17(15-21-23(20)31-13-12-30-21)2-7-22(27)26-16-24(8-10-29-11-9-24)18-3-5-19(25)6-4-18/h2-7,14-15H,8-13,16H2,1H3,(H,26,27). The van der Waals surface area contributed by atoms with Crippen LogP contribution in [0, 0.1) is 0 Å². The molecule has 1 N–H and O–H groups in total. The van der Waals surface area contributed by atoms with Crippen molar-refractivity contribution in [2.24, 2.45) is 0 Å². The van der Waals surface area contributed by atoms with Gasteiger partial charge in [-0.2, -0.15) is 0 Å². The summed E-state index contributed by atoms with van der Waals surface area (Å²) >= 11 is 6.06. The fourth-order valence-corrected chi connectivity index (χ4v) is 4.14. The maximum absolute atomic E-state index is 12.6. The Labute approximate surface area is 187 Å². The van der Waals surface area contributed by atoms with Crippen molar-refractivity contribution >= 4 is 23.6 Å². The number of fused-ring (bicyclic) bond motifs is 1. The van der Waals surface area contributed by atoms with Crippen LogP contribution in [0.4, 0.5) is 0 Å². The molecule has 2 heterocycles. The lowest BCUT2D eigenvalue weighted by atomic mass is 9.74. The summed E-state index contributed by atoms with van der Waals surface area (Å²) in [5, 5.41) is 3.77. The van der Waals surface area contributed by atoms with Crippen LogP contribution < -0.4 is 19.5 Å². The number of carbonyl (C=O) groups excluding carboxylic acids is 1. The fourth-order valence-electron chi connectivity index (χ4n) is 4.01. The molecule has 0 atom stereocenters. The van der Waals surface area contributed by atoms with Crippen LogP contribution in [0.15, 0.2) is 42.5 Å². The predicted octanol–water partition coefficient (Wildman–Crippen LogP) is 4.00. The number of nitrogens with one attached hydrogen (secondary N) is 1. The van der Waals surface area contributed by atoms with Crippen molar-refractivity contribution in [3.8, 4) is 17.2 Å². The van der Waals surface area contributed by atoms with Gasteiger partial charge in [0.15, 0.2) is 11.5 Å². The monoisotopic (exact) mass is 443 g/mol. The lowest BCUT2D eigenvalue weighted by Gasteiger charge is -2.38. The van der Waals surface area contributed by atoms with Gasteiger partial charge in [-0.25, -0.2) is 0 Å². The molecule has 7 heteroatoms. The van der Waals surface area contributed by atoms with E-state index in [1.54, 1.807) is 13.2 Å². The Morgan fingerprint density at radius 1 is 1.13 bits per heavy atom. The number of amides is 1. The van der Waals surface area contributed by atoms with Crippen LogP contribution in [0.25, 0.3) is 6.08 Å². The van der Waals surface area contributed by atoms with Gasteiger partial charge in [0.2, 0.25) is 11.7 Å². The number of carbonyl (C=O) groups is 1. The van der Waals surface area contributed by atoms with Crippen LogP contribution in [-0.2, 0) is 14.9 Å². The van der Waals surface area contributed by atoms with Gasteiger partial charge in [-0.3, -0.25) is 4.79 Å². The molecule has 2 aliphatic heterocycles. The number of benzene rings is 2. The Morgan fingerprint density at radius 2 is 1.87 bits per heavy atom. The molecular formula is C24H26ClNO5. The van der Waals surface area contributed by atoms with Crippen molar-refractivity contribution in [3.63, 3.8) is 0 Å². The molecular weight excluding hydrogens is 418 g/mol. The predicted molar refractivity (Wildman–Crippen MR) is 119 cm³/mol. The van der Waals surface area contributed by atoms with Crippen molar-refractivity contribution in [2.75, 3.05) is 40.1 Å². The average Bonchev–Trinajstić information content (AvgIpc) is 2.82. The summed E-state index contributed by atoms with van der Waals surface area (Å²) in [4.78, 5) is 12.6. The lowest BCUT2D eigenvalue weighted by molar-refractivity contribution is -0.116. The highest BCUT2D eigenvalue weighted by Crippen LogP contribution is 2.40. The zero-order chi connectivity index (χ0) is 21.7. The number of hydrogen-bond acceptors (Lipinski definition) is 5. The van der Waals surface area contributed by atoms with Gasteiger partial charge in [-0.05, 0) is 54.3 Å². The third kappa shape index (κ3) is 4.97. The van der Waals surface area contributed by atoms with Crippen molar-refractivity contribution in [2.45, 2.75) is 18.3 Å². The highest BCUT2D eigenvalue weighted by molar-refractivity contribution is 6.30. The van der Waals surface area contributed by atoms with Gasteiger partial charge in [0.1, 0.15) is 13.2 Å². The molecule has 0 aromatic heterocycles. The molecule has 2 aliphatic rings. The molecule has 6 nitrogen and oxygen atoms in total. The Morgan fingerprint density at radius 3 is 2.61 bits per heavy atom. The molecule has 0 radical (unpaired) electrons. The van der Waals surface area contributed by atoms with Crippen molar-refractivity contribution in [1.29, 1.82) is 0 Å². The van der Waals surface area contributed by atoms with E-state index in [4.69, 9.17) is 30.5 Å². The first-order valence-corrected chi connectivity index (χ1v) is 10.7. The largest absolute Gasteiger partial charge is 0.493 e. The van der Waals surface area contributed by atoms with Crippen LogP contribution in [-0.4, -0.2) is 46.0 Å². The van der Waals surface area contributed by atoms with Gasteiger partial charge in [0, 0.05) is 36.3 Å². The number of methoxy groups -OCH3 is 1. The second kappa shape index (κ2) is 9.62. The quantitative estimate of drug-likeness (QED) is 0.683. The van der Waals surface area contributed by atoms with E-state index >= 15 is 0 Å². The summed E-state index contributed by atoms with van der Waals surface area (Å²) in [5.74, 6) is 1.64. The smallest absolute Gasteiger partial charge is 0.244 e. The second-order valence-corrected chi connectivity index (χ2v) is 8.13. The minimum atomic E-state index is -0.160. The van der Waals surface area contributed by atoms with Crippen LogP contribution >= 0.6 is 11.6 Å². The van der Waals surface area contributed by atoms with Gasteiger partial charge < -0.3 is 24.3 Å². The van der Waals surface area contributed by atoms with Crippen molar-refractivity contribution in [1.82, 2.24) is 5.32 Å². The van der Waals surface area contributed by atoms with Crippen LogP contribution in [0.1, 0.15) is 24.0 Å². The molecule has 1 saturated heterocycles. The fraction of sp³-hybridized carbons (Fsp3) is 0.375. The zero-order valence-electron chi connectivity index (χ0n) is 17.5. The highest BCUT2D eigenvalue weighted by Gasteiger charge is 2.34. The molecule has 2 aromatic carbocycles. The van der Waals surface area contributed by atoms with E-state index in [2.05, 4.69) is 5.32 Å². The van der Waals surface area contributed by atoms with Crippen LogP contribution in [0.2, 0.25) is 5.02 Å². The van der Waals surface area contributed by atoms with Crippen LogP contribution in [0.5, 0.6) is 17.2 Å². The Kier molecular flexibility index (Phi) is 6.68. The third-order valence-electron chi connectivity index (χ3n) is 5.78. The summed E-state index contributed by atoms with van der Waals surface area (Å²) in [5.41, 5.74) is 1.81. The Hall–Kier alpha value is -2.70. The SMILES string of the molecule is COc1cc(C=CC(=O)NCC2(c3ccc(Cl)cc3)CCOCC2)cc2c1OCCO2. The van der Waals surface area contributed by atoms with E-state index in [0.717, 1.165) is 18.4 Å². The van der Waals surface area contributed by atoms with Crippen LogP contribution in [0.3, 0.4) is 0 Å². The molecule has 1 fully saturated rings. The van der Waals surface area contributed by atoms with Gasteiger partial charge in [-0.15, -0.1) is 0 Å². The maximum Gasteiger partial charge on any atom is 0.244 e. The summed E-state index contributed by atoms with van der Waals surface area (Å²) in [6.07, 6.45) is 4.96. The van der Waals surface area contributed by atoms with Gasteiger partial charge in [0.05, 0.1) is 7.11 Å². The number of hydrogen-bond donors (Lipinski definition) is 1. The first-order valence-electron chi connectivity index (χ1n) is 10.4. The molecule has 0 saturated carbocycles. The molecule has 0 bridgehead atoms. The summed E-state index contributed by atoms with van der Waals surface area (Å²) < 4.78 is 22.2. The van der Waals surface area contributed by atoms with E-state index < -0.39 is 0 Å². The normalized spacial score (nSPS) is 17.4. The maximum atomic E-state index is 12.6. The number of halogens is 1. The van der Waals surface area contributed by atoms with E-state index in [1.807, 2.05) is 36.4 Å². The number of rotatable bonds is 6. The van der Waals surface area contributed by atoms with E-state index in [1.165, 1.54) is 11.6 Å². The molecule has 4 rings (SSSR count). The van der Waals surface area contributed by atoms with Crippen molar-refractivity contribution < 1.29 is 23.7 Å². The summed E-state index contributed by atoms with van der Waals surface area (Å²) in [7, 11) is 1.58. The number of ether oxygens (including phenoxy) is 4. The molecule has 31 heavy (non-hydrogen) atoms. The average molecular weight is 444 g/mol. The minimum Gasteiger partial charge on any atom is -0.493 e. The van der Waals surface area contributed by atoms with Gasteiger partial charge in [-0.1, -0.05) is 23.7 Å². The van der Waals surface area contributed by atoms with Gasteiger partial charge in [0.25, 0.3) is 0 Å². The minimum absolute atomic E-state index is 0.159. The van der Waals surface area contributed by atoms with Crippen molar-refractivity contribution in [3.05, 3.63) is 58.6 Å². The first kappa shape index (κ1) is 21.5. The molecule has 0 spiro atoms. The molecule has 1 amide bonds. The van der Waals surface area contributed by atoms with E-state index in [9.17, 15) is 4.79 Å². The summed E-state index contributed by atoms with van der Waals surface area (Å²) in [6, 6.07) is 11.5. The molecule has 0 aliphatic carbocycles. The molecule has 2 aromatic rings. The second-order valence-electron chi connectivity index (χ2n) is 7.70. The summed E-state index contributed by atoms with van der Waals surface area (Å²) in [6.45, 7) is 2.85. The molecule has 0 unspecified atom stereocenters. The Bertz CT molecular complexity index is 934. The third-order valence-corrected chi connectivity index (χ3v) is 6.04. The zero-order valence-corrected chi connectivity index (χ0v) is 18.2. The lowest BCUT2D eigenvalue weighted by Crippen LogP contribution is -2.44. The topological polar surface area (TPSA) is 66.0 Å².